The first kappa shape index (κ1) is 19.6. The van der Waals surface area contributed by atoms with E-state index >= 15 is 0 Å². The van der Waals surface area contributed by atoms with Gasteiger partial charge in [0.1, 0.15) is 5.75 Å². The normalized spacial score (nSPS) is 14.6. The van der Waals surface area contributed by atoms with Crippen LogP contribution in [0.3, 0.4) is 0 Å². The number of benzene rings is 2. The van der Waals surface area contributed by atoms with E-state index < -0.39 is 12.1 Å². The van der Waals surface area contributed by atoms with Crippen molar-refractivity contribution in [3.05, 3.63) is 59.7 Å². The van der Waals surface area contributed by atoms with E-state index in [-0.39, 0.29) is 11.7 Å². The lowest BCUT2D eigenvalue weighted by molar-refractivity contribution is -0.117. The number of amides is 1. The van der Waals surface area contributed by atoms with Crippen LogP contribution < -0.4 is 9.64 Å². The summed E-state index contributed by atoms with van der Waals surface area (Å²) in [5.74, 6) is -0.0908. The van der Waals surface area contributed by atoms with Gasteiger partial charge in [-0.2, -0.15) is 0 Å². The number of esters is 1. The molecule has 1 aliphatic rings. The fourth-order valence-electron chi connectivity index (χ4n) is 3.10. The Balaban J connectivity index is 1.61. The number of carbonyl (C=O) groups excluding carboxylic acids is 3. The summed E-state index contributed by atoms with van der Waals surface area (Å²) in [5.41, 5.74) is 1.55. The quantitative estimate of drug-likeness (QED) is 0.541. The van der Waals surface area contributed by atoms with E-state index in [1.165, 1.54) is 0 Å². The molecule has 6 heteroatoms. The number of nitrogens with zero attached hydrogens (tertiary/aromatic N) is 1. The van der Waals surface area contributed by atoms with Gasteiger partial charge in [0.25, 0.3) is 0 Å². The first-order valence-electron chi connectivity index (χ1n) is 9.38. The Bertz CT molecular complexity index is 858. The zero-order valence-corrected chi connectivity index (χ0v) is 16.0. The van der Waals surface area contributed by atoms with Crippen LogP contribution in [-0.2, 0) is 9.53 Å². The first-order valence-corrected chi connectivity index (χ1v) is 9.38. The number of ketones is 1. The summed E-state index contributed by atoms with van der Waals surface area (Å²) < 4.78 is 10.7. The summed E-state index contributed by atoms with van der Waals surface area (Å²) in [7, 11) is 0. The van der Waals surface area contributed by atoms with E-state index in [2.05, 4.69) is 0 Å². The van der Waals surface area contributed by atoms with Gasteiger partial charge in [-0.1, -0.05) is 0 Å². The van der Waals surface area contributed by atoms with Crippen molar-refractivity contribution in [2.24, 2.45) is 0 Å². The average molecular weight is 381 g/mol. The van der Waals surface area contributed by atoms with Gasteiger partial charge in [0.2, 0.25) is 11.7 Å². The zero-order chi connectivity index (χ0) is 20.1. The molecule has 1 fully saturated rings. The maximum absolute atomic E-state index is 12.5. The van der Waals surface area contributed by atoms with Crippen molar-refractivity contribution in [2.45, 2.75) is 32.8 Å². The van der Waals surface area contributed by atoms with Gasteiger partial charge in [0.05, 0.1) is 12.2 Å². The minimum absolute atomic E-state index is 0.0879. The van der Waals surface area contributed by atoms with Crippen molar-refractivity contribution in [3.63, 3.8) is 0 Å². The molecule has 3 rings (SSSR count). The zero-order valence-electron chi connectivity index (χ0n) is 16.0. The lowest BCUT2D eigenvalue weighted by atomic mass is 10.1. The Morgan fingerprint density at radius 3 is 2.25 bits per heavy atom. The minimum atomic E-state index is -0.912. The van der Waals surface area contributed by atoms with Crippen LogP contribution in [0.5, 0.6) is 5.75 Å². The third kappa shape index (κ3) is 4.39. The molecule has 2 aromatic carbocycles. The number of carbonyl (C=O) groups is 3. The summed E-state index contributed by atoms with van der Waals surface area (Å²) >= 11 is 0. The molecular weight excluding hydrogens is 358 g/mol. The molecule has 1 heterocycles. The van der Waals surface area contributed by atoms with Gasteiger partial charge in [0.15, 0.2) is 6.10 Å². The summed E-state index contributed by atoms with van der Waals surface area (Å²) in [6.45, 7) is 4.67. The molecule has 1 atom stereocenters. The van der Waals surface area contributed by atoms with Crippen LogP contribution in [0.1, 0.15) is 47.4 Å². The average Bonchev–Trinajstić information content (AvgIpc) is 3.14. The molecule has 0 N–H and O–H groups in total. The molecule has 146 valence electrons. The molecule has 0 aliphatic carbocycles. The third-order valence-corrected chi connectivity index (χ3v) is 4.59. The van der Waals surface area contributed by atoms with Crippen molar-refractivity contribution >= 4 is 23.3 Å². The highest BCUT2D eigenvalue weighted by Gasteiger charge is 2.23. The maximum Gasteiger partial charge on any atom is 0.338 e. The van der Waals surface area contributed by atoms with Gasteiger partial charge < -0.3 is 14.4 Å². The van der Waals surface area contributed by atoms with Crippen LogP contribution in [0, 0.1) is 0 Å². The Morgan fingerprint density at radius 1 is 1.04 bits per heavy atom. The van der Waals surface area contributed by atoms with Crippen molar-refractivity contribution in [3.8, 4) is 5.75 Å². The molecule has 1 saturated heterocycles. The van der Waals surface area contributed by atoms with Gasteiger partial charge >= 0.3 is 5.97 Å². The minimum Gasteiger partial charge on any atom is -0.494 e. The van der Waals surface area contributed by atoms with E-state index in [1.54, 1.807) is 60.4 Å². The molecule has 0 saturated carbocycles. The lowest BCUT2D eigenvalue weighted by Gasteiger charge is -2.16. The molecule has 1 amide bonds. The number of rotatable bonds is 7. The van der Waals surface area contributed by atoms with Gasteiger partial charge in [-0.05, 0) is 68.8 Å². The Morgan fingerprint density at radius 2 is 1.68 bits per heavy atom. The Kier molecular flexibility index (Phi) is 6.09. The van der Waals surface area contributed by atoms with Gasteiger partial charge in [-0.15, -0.1) is 0 Å². The fourth-order valence-corrected chi connectivity index (χ4v) is 3.10. The predicted octanol–water partition coefficient (Wildman–Crippen LogP) is 3.64. The standard InChI is InChI=1S/C22H23NO5/c1-3-27-19-12-8-16(9-13-19)21(25)15(2)28-22(26)17-6-10-18(11-7-17)23-14-4-5-20(23)24/h6-13,15H,3-5,14H2,1-2H3/t15-/m0/s1. The second-order valence-corrected chi connectivity index (χ2v) is 6.56. The van der Waals surface area contributed by atoms with Crippen LogP contribution in [0.4, 0.5) is 5.69 Å². The Hall–Kier alpha value is -3.15. The second kappa shape index (κ2) is 8.69. The van der Waals surface area contributed by atoms with E-state index in [0.29, 0.717) is 36.4 Å². The summed E-state index contributed by atoms with van der Waals surface area (Å²) in [5, 5.41) is 0. The molecule has 2 aromatic rings. The highest BCUT2D eigenvalue weighted by atomic mass is 16.5. The SMILES string of the molecule is CCOc1ccc(C(=O)[C@H](C)OC(=O)c2ccc(N3CCCC3=O)cc2)cc1. The largest absolute Gasteiger partial charge is 0.494 e. The van der Waals surface area contributed by atoms with E-state index in [1.807, 2.05) is 6.92 Å². The van der Waals surface area contributed by atoms with Crippen molar-refractivity contribution in [1.29, 1.82) is 0 Å². The first-order chi connectivity index (χ1) is 13.5. The predicted molar refractivity (Wildman–Crippen MR) is 105 cm³/mol. The van der Waals surface area contributed by atoms with Crippen LogP contribution in [0.25, 0.3) is 0 Å². The molecule has 0 spiro atoms. The highest BCUT2D eigenvalue weighted by molar-refractivity contribution is 6.01. The number of anilines is 1. The molecule has 0 unspecified atom stereocenters. The maximum atomic E-state index is 12.5. The number of hydrogen-bond donors (Lipinski definition) is 0. The number of ether oxygens (including phenoxy) is 2. The van der Waals surface area contributed by atoms with Crippen molar-refractivity contribution in [1.82, 2.24) is 0 Å². The molecule has 28 heavy (non-hydrogen) atoms. The molecule has 1 aliphatic heterocycles. The van der Waals surface area contributed by atoms with Crippen LogP contribution in [0.15, 0.2) is 48.5 Å². The molecule has 6 nitrogen and oxygen atoms in total. The van der Waals surface area contributed by atoms with Gasteiger partial charge in [0, 0.05) is 24.2 Å². The van der Waals surface area contributed by atoms with E-state index in [0.717, 1.165) is 12.1 Å². The second-order valence-electron chi connectivity index (χ2n) is 6.56. The monoisotopic (exact) mass is 381 g/mol. The van der Waals surface area contributed by atoms with Crippen molar-refractivity contribution < 1.29 is 23.9 Å². The van der Waals surface area contributed by atoms with Gasteiger partial charge in [-0.25, -0.2) is 4.79 Å². The van der Waals surface area contributed by atoms with Crippen LogP contribution in [0.2, 0.25) is 0 Å². The highest BCUT2D eigenvalue weighted by Crippen LogP contribution is 2.22. The smallest absolute Gasteiger partial charge is 0.338 e. The summed E-state index contributed by atoms with van der Waals surface area (Å²) in [6.07, 6.45) is 0.480. The third-order valence-electron chi connectivity index (χ3n) is 4.59. The van der Waals surface area contributed by atoms with E-state index in [4.69, 9.17) is 9.47 Å². The lowest BCUT2D eigenvalue weighted by Crippen LogP contribution is -2.25. The molecule has 0 radical (unpaired) electrons. The molecular formula is C22H23NO5. The van der Waals surface area contributed by atoms with Gasteiger partial charge in [-0.3, -0.25) is 9.59 Å². The molecule has 0 aromatic heterocycles. The van der Waals surface area contributed by atoms with Crippen LogP contribution >= 0.6 is 0 Å². The fraction of sp³-hybridized carbons (Fsp3) is 0.318. The van der Waals surface area contributed by atoms with E-state index in [9.17, 15) is 14.4 Å². The van der Waals surface area contributed by atoms with Crippen LogP contribution in [-0.4, -0.2) is 36.9 Å². The number of Topliss-reactive ketones (excluding diaryl/α,β-unsaturated/α-hetero) is 1. The van der Waals surface area contributed by atoms with Crippen molar-refractivity contribution in [2.75, 3.05) is 18.1 Å². The number of hydrogen-bond acceptors (Lipinski definition) is 5. The summed E-state index contributed by atoms with van der Waals surface area (Å²) in [6, 6.07) is 13.4. The molecule has 0 bridgehead atoms. The Labute approximate surface area is 164 Å². The summed E-state index contributed by atoms with van der Waals surface area (Å²) in [4.78, 5) is 38.3. The topological polar surface area (TPSA) is 72.9 Å².